The molecular formula is C35H70N10O12S2. The second kappa shape index (κ2) is 38.4. The van der Waals surface area contributed by atoms with Crippen molar-refractivity contribution in [3.63, 3.8) is 0 Å². The van der Waals surface area contributed by atoms with Gasteiger partial charge in [0.15, 0.2) is 19.7 Å². The van der Waals surface area contributed by atoms with Gasteiger partial charge in [0.1, 0.15) is 0 Å². The summed E-state index contributed by atoms with van der Waals surface area (Å²) in [7, 11) is -5.60. The van der Waals surface area contributed by atoms with Crippen LogP contribution in [0.4, 0.5) is 0 Å². The highest BCUT2D eigenvalue weighted by atomic mass is 32.2. The van der Waals surface area contributed by atoms with Crippen LogP contribution in [0.15, 0.2) is 11.3 Å². The van der Waals surface area contributed by atoms with Crippen molar-refractivity contribution < 1.29 is 54.7 Å². The fourth-order valence-electron chi connectivity index (χ4n) is 4.69. The Labute approximate surface area is 351 Å². The van der Waals surface area contributed by atoms with Gasteiger partial charge in [-0.05, 0) is 5.53 Å². The van der Waals surface area contributed by atoms with Gasteiger partial charge in [0.25, 0.3) is 0 Å². The Morgan fingerprint density at radius 1 is 0.661 bits per heavy atom. The third-order valence-electron chi connectivity index (χ3n) is 7.78. The standard InChI is InChI=1S/C17H33N5O6S.C10H22N4O4.C7H11NO2S.CH4/c18-1-5-25-7-9-27-11-12-28-10-8-26-6-2-22-16-17(19-20-22)15-21-3-13-29(23,24)14-4-21;11-1-3-15-5-7-17-9-10-18-8-6-16-4-2-13-14-12;1-2-3-8-4-6-11(9,10)7-5-8;/h16H,1-15,18H2;1-11H2;1H,3-7H2;1H4. The molecule has 0 aromatic carbocycles. The van der Waals surface area contributed by atoms with Crippen molar-refractivity contribution in [3.8, 4) is 12.3 Å². The molecule has 2 saturated heterocycles. The smallest absolute Gasteiger partial charge is 0.152 e. The minimum Gasteiger partial charge on any atom is -0.379 e. The van der Waals surface area contributed by atoms with Gasteiger partial charge >= 0.3 is 0 Å². The van der Waals surface area contributed by atoms with Crippen molar-refractivity contribution in [1.29, 1.82) is 0 Å². The first kappa shape index (κ1) is 56.4. The molecule has 22 nitrogen and oxygen atoms in total. The van der Waals surface area contributed by atoms with Crippen LogP contribution in [0.2, 0.25) is 0 Å². The van der Waals surface area contributed by atoms with Crippen molar-refractivity contribution in [2.45, 2.75) is 20.5 Å². The maximum Gasteiger partial charge on any atom is 0.152 e. The summed E-state index contributed by atoms with van der Waals surface area (Å²) in [6.07, 6.45) is 6.96. The van der Waals surface area contributed by atoms with Gasteiger partial charge in [0.05, 0.1) is 148 Å². The van der Waals surface area contributed by atoms with Crippen molar-refractivity contribution in [2.24, 2.45) is 16.6 Å². The minimum absolute atomic E-state index is 0. The van der Waals surface area contributed by atoms with Crippen molar-refractivity contribution in [2.75, 3.05) is 181 Å². The van der Waals surface area contributed by atoms with Gasteiger partial charge in [0.2, 0.25) is 0 Å². The van der Waals surface area contributed by atoms with E-state index in [-0.39, 0.29) is 30.4 Å². The summed E-state index contributed by atoms with van der Waals surface area (Å²) >= 11 is 0. The maximum absolute atomic E-state index is 11.5. The first-order valence-electron chi connectivity index (χ1n) is 19.4. The Balaban J connectivity index is 0.000000953. The predicted molar refractivity (Wildman–Crippen MR) is 223 cm³/mol. The van der Waals surface area contributed by atoms with Crippen LogP contribution in [-0.2, 0) is 70.7 Å². The van der Waals surface area contributed by atoms with Gasteiger partial charge in [-0.2, -0.15) is 0 Å². The van der Waals surface area contributed by atoms with Crippen LogP contribution >= 0.6 is 0 Å². The largest absolute Gasteiger partial charge is 0.379 e. The molecule has 344 valence electrons. The van der Waals surface area contributed by atoms with Crippen molar-refractivity contribution in [1.82, 2.24) is 24.8 Å². The Hall–Kier alpha value is -2.57. The molecule has 0 bridgehead atoms. The first-order chi connectivity index (χ1) is 28.1. The third kappa shape index (κ3) is 34.8. The molecule has 0 saturated carbocycles. The average molecular weight is 887 g/mol. The summed E-state index contributed by atoms with van der Waals surface area (Å²) < 4.78 is 88.8. The van der Waals surface area contributed by atoms with E-state index in [9.17, 15) is 16.8 Å². The lowest BCUT2D eigenvalue weighted by Gasteiger charge is -2.25. The fraction of sp³-hybridized carbons (Fsp3) is 0.886. The molecule has 0 radical (unpaired) electrons. The SMILES string of the molecule is C.C#CCN1CCS(=O)(=O)CC1.NCCOCCOCCOCCOCCn1cc(CN2CCS(=O)(=O)CC2)nn1.[N-]=[N+]=NCCOCCOCCOCCOCCN. The molecule has 2 aliphatic rings. The number of hydrogen-bond donors (Lipinski definition) is 2. The monoisotopic (exact) mass is 886 g/mol. The zero-order valence-corrected chi connectivity index (χ0v) is 35.4. The number of aromatic nitrogens is 3. The van der Waals surface area contributed by atoms with Crippen LogP contribution in [0.5, 0.6) is 0 Å². The molecule has 0 amide bonds. The zero-order valence-electron chi connectivity index (χ0n) is 33.8. The van der Waals surface area contributed by atoms with Crippen LogP contribution in [0.25, 0.3) is 10.4 Å². The number of rotatable bonds is 31. The lowest BCUT2D eigenvalue weighted by molar-refractivity contribution is -0.00200. The molecule has 4 N–H and O–H groups in total. The summed E-state index contributed by atoms with van der Waals surface area (Å²) in [5.74, 6) is 3.44. The minimum atomic E-state index is -2.86. The van der Waals surface area contributed by atoms with Crippen molar-refractivity contribution >= 4 is 19.7 Å². The topological polar surface area (TPSA) is 280 Å². The molecule has 2 aliphatic heterocycles. The molecule has 24 heteroatoms. The summed E-state index contributed by atoms with van der Waals surface area (Å²) in [6, 6.07) is 0. The second-order valence-corrected chi connectivity index (χ2v) is 17.1. The van der Waals surface area contributed by atoms with Crippen LogP contribution in [0.1, 0.15) is 13.1 Å². The van der Waals surface area contributed by atoms with Crippen LogP contribution < -0.4 is 11.5 Å². The molecule has 1 aromatic heterocycles. The lowest BCUT2D eigenvalue weighted by Crippen LogP contribution is -2.40. The highest BCUT2D eigenvalue weighted by molar-refractivity contribution is 7.91. The molecule has 2 fully saturated rings. The summed E-state index contributed by atoms with van der Waals surface area (Å²) in [5, 5.41) is 11.6. The number of ether oxygens (including phenoxy) is 8. The Morgan fingerprint density at radius 2 is 1.05 bits per heavy atom. The van der Waals surface area contributed by atoms with E-state index in [2.05, 4.69) is 31.2 Å². The molecule has 0 atom stereocenters. The number of hydrogen-bond acceptors (Lipinski definition) is 19. The van der Waals surface area contributed by atoms with Crippen molar-refractivity contribution in [3.05, 3.63) is 22.3 Å². The summed E-state index contributed by atoms with van der Waals surface area (Å²) in [4.78, 5) is 6.67. The highest BCUT2D eigenvalue weighted by Gasteiger charge is 2.22. The number of azide groups is 1. The first-order valence-corrected chi connectivity index (χ1v) is 23.0. The van der Waals surface area contributed by atoms with Gasteiger partial charge in [-0.3, -0.25) is 9.80 Å². The number of sulfone groups is 2. The Morgan fingerprint density at radius 3 is 1.46 bits per heavy atom. The van der Waals surface area contributed by atoms with E-state index in [0.29, 0.717) is 171 Å². The van der Waals surface area contributed by atoms with Gasteiger partial charge in [-0.15, -0.1) is 11.5 Å². The summed E-state index contributed by atoms with van der Waals surface area (Å²) in [6.45, 7) is 13.8. The van der Waals surface area contributed by atoms with Crippen LogP contribution in [-0.4, -0.2) is 223 Å². The number of terminal acetylenes is 1. The molecular weight excluding hydrogens is 817 g/mol. The van der Waals surface area contributed by atoms with Gasteiger partial charge in [-0.25, -0.2) is 21.5 Å². The average Bonchev–Trinajstić information content (AvgIpc) is 3.66. The van der Waals surface area contributed by atoms with E-state index in [1.54, 1.807) is 4.68 Å². The quantitative estimate of drug-likeness (QED) is 0.0292. The predicted octanol–water partition coefficient (Wildman–Crippen LogP) is -1.16. The van der Waals surface area contributed by atoms with E-state index in [4.69, 9.17) is 61.3 Å². The Bertz CT molecular complexity index is 1420. The normalized spacial score (nSPS) is 16.0. The molecule has 59 heavy (non-hydrogen) atoms. The van der Waals surface area contributed by atoms with Crippen LogP contribution in [0, 0.1) is 12.3 Å². The molecule has 1 aromatic rings. The van der Waals surface area contributed by atoms with E-state index in [1.165, 1.54) is 0 Å². The zero-order chi connectivity index (χ0) is 42.4. The molecule has 0 spiro atoms. The van der Waals surface area contributed by atoms with Gasteiger partial charge in [0, 0.05) is 63.5 Å². The number of nitrogens with zero attached hydrogens (tertiary/aromatic N) is 8. The van der Waals surface area contributed by atoms with Crippen LogP contribution in [0.3, 0.4) is 0 Å². The highest BCUT2D eigenvalue weighted by Crippen LogP contribution is 2.08. The third-order valence-corrected chi connectivity index (χ3v) is 11.0. The van der Waals surface area contributed by atoms with E-state index in [1.807, 2.05) is 11.1 Å². The molecule has 0 aliphatic carbocycles. The van der Waals surface area contributed by atoms with E-state index in [0.717, 1.165) is 5.69 Å². The number of nitrogens with two attached hydrogens (primary N) is 2. The van der Waals surface area contributed by atoms with E-state index < -0.39 is 19.7 Å². The Kier molecular flexibility index (Phi) is 36.7. The lowest BCUT2D eigenvalue weighted by atomic mass is 10.4. The molecule has 0 unspecified atom stereocenters. The van der Waals surface area contributed by atoms with Gasteiger partial charge < -0.3 is 49.4 Å². The van der Waals surface area contributed by atoms with E-state index >= 15 is 0 Å². The molecule has 3 heterocycles. The maximum atomic E-state index is 11.5. The fourth-order valence-corrected chi connectivity index (χ4v) is 7.25. The second-order valence-electron chi connectivity index (χ2n) is 12.5. The molecule has 3 rings (SSSR count). The summed E-state index contributed by atoms with van der Waals surface area (Å²) in [5.41, 5.74) is 19.4. The van der Waals surface area contributed by atoms with Gasteiger partial charge in [-0.1, -0.05) is 23.7 Å².